The van der Waals surface area contributed by atoms with Gasteiger partial charge in [-0.3, -0.25) is 9.59 Å². The summed E-state index contributed by atoms with van der Waals surface area (Å²) in [7, 11) is 1.58. The van der Waals surface area contributed by atoms with E-state index in [-0.39, 0.29) is 17.9 Å². The smallest absolute Gasteiger partial charge is 0.295 e. The number of rotatable bonds is 7. The molecule has 6 nitrogen and oxygen atoms in total. The highest BCUT2D eigenvalue weighted by atomic mass is 16.5. The third-order valence-corrected chi connectivity index (χ3v) is 6.19. The van der Waals surface area contributed by atoms with Gasteiger partial charge in [0.25, 0.3) is 11.7 Å². The molecule has 3 aromatic rings. The number of aliphatic hydroxyl groups excluding tert-OH is 1. The van der Waals surface area contributed by atoms with E-state index in [0.717, 1.165) is 16.7 Å². The highest BCUT2D eigenvalue weighted by Crippen LogP contribution is 2.41. The molecule has 1 amide bonds. The van der Waals surface area contributed by atoms with Gasteiger partial charge in [-0.15, -0.1) is 0 Å². The number of carbonyl (C=O) groups is 2. The maximum Gasteiger partial charge on any atom is 0.295 e. The van der Waals surface area contributed by atoms with Crippen LogP contribution < -0.4 is 9.47 Å². The third-order valence-electron chi connectivity index (χ3n) is 6.19. The minimum Gasteiger partial charge on any atom is -0.507 e. The van der Waals surface area contributed by atoms with Crippen LogP contribution in [0.15, 0.2) is 72.3 Å². The number of nitrogens with zero attached hydrogens (tertiary/aromatic N) is 1. The van der Waals surface area contributed by atoms with Gasteiger partial charge in [-0.25, -0.2) is 0 Å². The van der Waals surface area contributed by atoms with E-state index in [1.165, 1.54) is 4.90 Å². The Bertz CT molecular complexity index is 1280. The summed E-state index contributed by atoms with van der Waals surface area (Å²) < 4.78 is 10.9. The number of amides is 1. The zero-order valence-electron chi connectivity index (χ0n) is 20.4. The molecule has 1 N–H and O–H groups in total. The topological polar surface area (TPSA) is 76.1 Å². The predicted octanol–water partition coefficient (Wildman–Crippen LogP) is 5.33. The first-order valence-corrected chi connectivity index (χ1v) is 11.6. The molecule has 0 aromatic heterocycles. The van der Waals surface area contributed by atoms with Crippen molar-refractivity contribution in [2.24, 2.45) is 0 Å². The molecule has 1 fully saturated rings. The fourth-order valence-corrected chi connectivity index (χ4v) is 4.34. The fraction of sp³-hybridized carbons (Fsp3) is 0.241. The molecular formula is C29H29NO5. The van der Waals surface area contributed by atoms with Crippen molar-refractivity contribution in [3.8, 4) is 11.5 Å². The summed E-state index contributed by atoms with van der Waals surface area (Å²) in [5.74, 6) is -0.193. The van der Waals surface area contributed by atoms with Gasteiger partial charge in [0, 0.05) is 12.1 Å². The van der Waals surface area contributed by atoms with Crippen LogP contribution in [0.2, 0.25) is 0 Å². The van der Waals surface area contributed by atoms with Crippen LogP contribution in [0.5, 0.6) is 11.5 Å². The summed E-state index contributed by atoms with van der Waals surface area (Å²) in [5, 5.41) is 11.3. The average molecular weight is 472 g/mol. The molecule has 0 radical (unpaired) electrons. The average Bonchev–Trinajstić information content (AvgIpc) is 3.11. The lowest BCUT2D eigenvalue weighted by Gasteiger charge is -2.25. The van der Waals surface area contributed by atoms with Gasteiger partial charge in [-0.1, -0.05) is 42.0 Å². The largest absolute Gasteiger partial charge is 0.507 e. The maximum absolute atomic E-state index is 13.3. The second-order valence-corrected chi connectivity index (χ2v) is 8.60. The van der Waals surface area contributed by atoms with Crippen molar-refractivity contribution in [1.82, 2.24) is 4.90 Å². The van der Waals surface area contributed by atoms with Crippen molar-refractivity contribution >= 4 is 17.4 Å². The zero-order chi connectivity index (χ0) is 25.1. The quantitative estimate of drug-likeness (QED) is 0.286. The molecule has 1 aliphatic heterocycles. The number of ether oxygens (including phenoxy) is 2. The second kappa shape index (κ2) is 10.1. The van der Waals surface area contributed by atoms with Crippen molar-refractivity contribution < 1.29 is 24.2 Å². The normalized spacial score (nSPS) is 17.0. The first-order valence-electron chi connectivity index (χ1n) is 11.6. The number of ketones is 1. The van der Waals surface area contributed by atoms with E-state index < -0.39 is 17.7 Å². The highest BCUT2D eigenvalue weighted by Gasteiger charge is 2.46. The highest BCUT2D eigenvalue weighted by molar-refractivity contribution is 6.46. The van der Waals surface area contributed by atoms with Crippen molar-refractivity contribution in [2.45, 2.75) is 33.4 Å². The molecule has 1 saturated heterocycles. The Morgan fingerprint density at radius 3 is 2.26 bits per heavy atom. The lowest BCUT2D eigenvalue weighted by molar-refractivity contribution is -0.140. The van der Waals surface area contributed by atoms with E-state index in [1.807, 2.05) is 57.2 Å². The van der Waals surface area contributed by atoms with Gasteiger partial charge in [0.1, 0.15) is 17.3 Å². The molecule has 1 heterocycles. The standard InChI is InChI=1S/C29H29NO5/c1-5-35-24-15-12-22(16-19(24)3)27(31)25-26(21-10-13-23(34-4)14-11-21)30(29(33)28(25)32)17-20-8-6-18(2)7-9-20/h6-16,26,31H,5,17H2,1-4H3/t26-/m0/s1. The van der Waals surface area contributed by atoms with Crippen LogP contribution in [0.25, 0.3) is 5.76 Å². The summed E-state index contributed by atoms with van der Waals surface area (Å²) in [4.78, 5) is 28.0. The Morgan fingerprint density at radius 2 is 1.66 bits per heavy atom. The molecule has 4 rings (SSSR count). The molecule has 0 aliphatic carbocycles. The van der Waals surface area contributed by atoms with Gasteiger partial charge >= 0.3 is 0 Å². The number of aliphatic hydroxyl groups is 1. The molecule has 0 bridgehead atoms. The molecule has 0 unspecified atom stereocenters. The van der Waals surface area contributed by atoms with E-state index in [1.54, 1.807) is 37.4 Å². The van der Waals surface area contributed by atoms with Gasteiger partial charge in [0.05, 0.1) is 25.3 Å². The number of methoxy groups -OCH3 is 1. The summed E-state index contributed by atoms with van der Waals surface area (Å²) in [6, 6.07) is 19.5. The van der Waals surface area contributed by atoms with Crippen LogP contribution in [0, 0.1) is 13.8 Å². The first-order chi connectivity index (χ1) is 16.8. The summed E-state index contributed by atoms with van der Waals surface area (Å²) in [5.41, 5.74) is 4.06. The molecule has 3 aromatic carbocycles. The minimum atomic E-state index is -0.742. The molecule has 1 atom stereocenters. The first kappa shape index (κ1) is 24.1. The predicted molar refractivity (Wildman–Crippen MR) is 134 cm³/mol. The summed E-state index contributed by atoms with van der Waals surface area (Å²) in [6.45, 7) is 6.52. The van der Waals surface area contributed by atoms with E-state index in [0.29, 0.717) is 29.2 Å². The Morgan fingerprint density at radius 1 is 0.971 bits per heavy atom. The molecule has 35 heavy (non-hydrogen) atoms. The van der Waals surface area contributed by atoms with Crippen LogP contribution in [0.4, 0.5) is 0 Å². The molecule has 0 saturated carbocycles. The van der Waals surface area contributed by atoms with Crippen molar-refractivity contribution in [3.63, 3.8) is 0 Å². The SMILES string of the molecule is CCOc1ccc(C(O)=C2C(=O)C(=O)N(Cc3ccc(C)cc3)[C@H]2c2ccc(OC)cc2)cc1C. The number of Topliss-reactive ketones (excluding diaryl/α,β-unsaturated/α-hetero) is 1. The molecule has 6 heteroatoms. The lowest BCUT2D eigenvalue weighted by atomic mass is 9.94. The second-order valence-electron chi connectivity index (χ2n) is 8.60. The zero-order valence-corrected chi connectivity index (χ0v) is 20.4. The van der Waals surface area contributed by atoms with Crippen molar-refractivity contribution in [3.05, 3.63) is 100 Å². The van der Waals surface area contributed by atoms with Gasteiger partial charge in [-0.05, 0) is 67.8 Å². The van der Waals surface area contributed by atoms with Crippen LogP contribution >= 0.6 is 0 Å². The van der Waals surface area contributed by atoms with Crippen molar-refractivity contribution in [1.29, 1.82) is 0 Å². The number of benzene rings is 3. The molecular weight excluding hydrogens is 442 g/mol. The number of carbonyl (C=O) groups excluding carboxylic acids is 2. The van der Waals surface area contributed by atoms with Gasteiger partial charge < -0.3 is 19.5 Å². The monoisotopic (exact) mass is 471 g/mol. The van der Waals surface area contributed by atoms with Crippen LogP contribution in [0.1, 0.15) is 40.8 Å². The van der Waals surface area contributed by atoms with E-state index in [9.17, 15) is 14.7 Å². The Kier molecular flexibility index (Phi) is 6.92. The minimum absolute atomic E-state index is 0.0656. The van der Waals surface area contributed by atoms with Crippen LogP contribution in [-0.2, 0) is 16.1 Å². The van der Waals surface area contributed by atoms with Crippen molar-refractivity contribution in [2.75, 3.05) is 13.7 Å². The summed E-state index contributed by atoms with van der Waals surface area (Å²) >= 11 is 0. The maximum atomic E-state index is 13.3. The Labute approximate surface area is 205 Å². The number of aryl methyl sites for hydroxylation is 2. The van der Waals surface area contributed by atoms with Gasteiger partial charge in [0.15, 0.2) is 0 Å². The van der Waals surface area contributed by atoms with Gasteiger partial charge in [0.2, 0.25) is 0 Å². The Balaban J connectivity index is 1.83. The van der Waals surface area contributed by atoms with Crippen LogP contribution in [0.3, 0.4) is 0 Å². The molecule has 180 valence electrons. The van der Waals surface area contributed by atoms with E-state index in [4.69, 9.17) is 9.47 Å². The van der Waals surface area contributed by atoms with Gasteiger partial charge in [-0.2, -0.15) is 0 Å². The lowest BCUT2D eigenvalue weighted by Crippen LogP contribution is -2.29. The fourth-order valence-electron chi connectivity index (χ4n) is 4.34. The molecule has 0 spiro atoms. The van der Waals surface area contributed by atoms with E-state index >= 15 is 0 Å². The number of hydrogen-bond acceptors (Lipinski definition) is 5. The molecule has 1 aliphatic rings. The van der Waals surface area contributed by atoms with E-state index in [2.05, 4.69) is 0 Å². The summed E-state index contributed by atoms with van der Waals surface area (Å²) in [6.07, 6.45) is 0. The number of likely N-dealkylation sites (tertiary alicyclic amines) is 1. The number of hydrogen-bond donors (Lipinski definition) is 1. The Hall–Kier alpha value is -4.06. The van der Waals surface area contributed by atoms with Crippen LogP contribution in [-0.4, -0.2) is 35.4 Å². The third kappa shape index (κ3) is 4.78.